The Morgan fingerprint density at radius 3 is 3.00 bits per heavy atom. The second kappa shape index (κ2) is 6.57. The molecule has 7 nitrogen and oxygen atoms in total. The van der Waals surface area contributed by atoms with Crippen LogP contribution in [0.3, 0.4) is 0 Å². The Kier molecular flexibility index (Phi) is 4.24. The first-order valence-electron chi connectivity index (χ1n) is 8.41. The molecule has 0 aliphatic carbocycles. The predicted octanol–water partition coefficient (Wildman–Crippen LogP) is 2.98. The minimum atomic E-state index is -0.0514. The van der Waals surface area contributed by atoms with Gasteiger partial charge in [-0.25, -0.2) is 9.97 Å². The van der Waals surface area contributed by atoms with Gasteiger partial charge in [-0.2, -0.15) is 5.10 Å². The normalized spacial score (nSPS) is 17.0. The van der Waals surface area contributed by atoms with Crippen molar-refractivity contribution in [2.45, 2.75) is 26.4 Å². The first-order chi connectivity index (χ1) is 12.5. The fraction of sp³-hybridized carbons (Fsp3) is 0.333. The van der Waals surface area contributed by atoms with Gasteiger partial charge in [0.05, 0.1) is 23.5 Å². The van der Waals surface area contributed by atoms with Crippen molar-refractivity contribution in [2.24, 2.45) is 0 Å². The standard InChI is InChI=1S/C18H18ClN5O2/c1-10-18(26-12-6-7-24(9-12)11(2)25)20-8-15(21-10)17-13-4-3-5-14(19)16(13)22-23-17/h3-5,8,12H,6-7,9H2,1-2H3,(H,22,23). The van der Waals surface area contributed by atoms with Crippen molar-refractivity contribution < 1.29 is 9.53 Å². The molecule has 4 rings (SSSR count). The lowest BCUT2D eigenvalue weighted by Gasteiger charge is -2.16. The van der Waals surface area contributed by atoms with E-state index in [-0.39, 0.29) is 12.0 Å². The summed E-state index contributed by atoms with van der Waals surface area (Å²) < 4.78 is 5.95. The van der Waals surface area contributed by atoms with Crippen molar-refractivity contribution in [3.8, 4) is 17.3 Å². The molecule has 0 saturated carbocycles. The van der Waals surface area contributed by atoms with Crippen molar-refractivity contribution in [2.75, 3.05) is 13.1 Å². The summed E-state index contributed by atoms with van der Waals surface area (Å²) >= 11 is 6.18. The van der Waals surface area contributed by atoms with Crippen LogP contribution in [0.1, 0.15) is 19.0 Å². The van der Waals surface area contributed by atoms with Gasteiger partial charge in [0, 0.05) is 25.3 Å². The van der Waals surface area contributed by atoms with Crippen molar-refractivity contribution in [1.82, 2.24) is 25.1 Å². The van der Waals surface area contributed by atoms with Crippen molar-refractivity contribution in [1.29, 1.82) is 0 Å². The Labute approximate surface area is 155 Å². The zero-order valence-electron chi connectivity index (χ0n) is 14.5. The number of carbonyl (C=O) groups is 1. The summed E-state index contributed by atoms with van der Waals surface area (Å²) in [4.78, 5) is 22.3. The van der Waals surface area contributed by atoms with Gasteiger partial charge in [-0.1, -0.05) is 23.7 Å². The number of benzene rings is 1. The molecule has 0 radical (unpaired) electrons. The van der Waals surface area contributed by atoms with Gasteiger partial charge in [0.25, 0.3) is 0 Å². The molecule has 1 fully saturated rings. The third-order valence-electron chi connectivity index (χ3n) is 4.56. The number of halogens is 1. The van der Waals surface area contributed by atoms with E-state index in [0.29, 0.717) is 40.9 Å². The molecule has 3 heterocycles. The van der Waals surface area contributed by atoms with Crippen LogP contribution in [-0.4, -0.2) is 50.2 Å². The minimum absolute atomic E-state index is 0.0514. The number of ether oxygens (including phenoxy) is 1. The van der Waals surface area contributed by atoms with Gasteiger partial charge < -0.3 is 9.64 Å². The molecule has 26 heavy (non-hydrogen) atoms. The SMILES string of the molecule is CC(=O)N1CCC(Oc2ncc(-c3[nH]nc4c(Cl)cccc34)nc2C)C1. The maximum Gasteiger partial charge on any atom is 0.235 e. The van der Waals surface area contributed by atoms with Crippen LogP contribution >= 0.6 is 11.6 Å². The molecular weight excluding hydrogens is 354 g/mol. The molecule has 1 N–H and O–H groups in total. The predicted molar refractivity (Wildman–Crippen MR) is 98.2 cm³/mol. The van der Waals surface area contributed by atoms with Crippen LogP contribution < -0.4 is 4.74 Å². The molecule has 1 aromatic carbocycles. The maximum absolute atomic E-state index is 11.4. The zero-order valence-corrected chi connectivity index (χ0v) is 15.2. The number of aromatic nitrogens is 4. The summed E-state index contributed by atoms with van der Waals surface area (Å²) in [7, 11) is 0. The highest BCUT2D eigenvalue weighted by atomic mass is 35.5. The van der Waals surface area contributed by atoms with Gasteiger partial charge in [-0.3, -0.25) is 9.89 Å². The Hall–Kier alpha value is -2.67. The van der Waals surface area contributed by atoms with Crippen LogP contribution in [0.4, 0.5) is 0 Å². The summed E-state index contributed by atoms with van der Waals surface area (Å²) in [5.74, 6) is 0.560. The summed E-state index contributed by atoms with van der Waals surface area (Å²) in [6.45, 7) is 4.73. The highest BCUT2D eigenvalue weighted by Crippen LogP contribution is 2.30. The summed E-state index contributed by atoms with van der Waals surface area (Å²) in [6, 6.07) is 5.62. The van der Waals surface area contributed by atoms with Gasteiger partial charge in [-0.15, -0.1) is 0 Å². The topological polar surface area (TPSA) is 84.0 Å². The molecule has 1 unspecified atom stereocenters. The van der Waals surface area contributed by atoms with E-state index < -0.39 is 0 Å². The molecule has 0 spiro atoms. The number of hydrogen-bond acceptors (Lipinski definition) is 5. The number of H-pyrrole nitrogens is 1. The Morgan fingerprint density at radius 1 is 1.42 bits per heavy atom. The van der Waals surface area contributed by atoms with E-state index in [0.717, 1.165) is 17.5 Å². The van der Waals surface area contributed by atoms with Crippen LogP contribution in [0.2, 0.25) is 5.02 Å². The number of carbonyl (C=O) groups excluding carboxylic acids is 1. The van der Waals surface area contributed by atoms with Crippen LogP contribution in [0, 0.1) is 6.92 Å². The Bertz CT molecular complexity index is 987. The number of para-hydroxylation sites is 1. The molecule has 1 aliphatic heterocycles. The van der Waals surface area contributed by atoms with Gasteiger partial charge in [0.1, 0.15) is 23.0 Å². The summed E-state index contributed by atoms with van der Waals surface area (Å²) in [5.41, 5.74) is 2.84. The van der Waals surface area contributed by atoms with Gasteiger partial charge in [-0.05, 0) is 13.0 Å². The number of rotatable bonds is 3. The van der Waals surface area contributed by atoms with E-state index in [4.69, 9.17) is 16.3 Å². The molecular formula is C18H18ClN5O2. The molecule has 3 aromatic rings. The van der Waals surface area contributed by atoms with Gasteiger partial charge in [0.15, 0.2) is 0 Å². The van der Waals surface area contributed by atoms with E-state index >= 15 is 0 Å². The van der Waals surface area contributed by atoms with Gasteiger partial charge >= 0.3 is 0 Å². The average molecular weight is 372 g/mol. The number of likely N-dealkylation sites (tertiary alicyclic amines) is 1. The molecule has 8 heteroatoms. The molecule has 134 valence electrons. The van der Waals surface area contributed by atoms with E-state index in [1.807, 2.05) is 19.1 Å². The first kappa shape index (κ1) is 16.8. The second-order valence-corrected chi connectivity index (χ2v) is 6.78. The molecule has 1 amide bonds. The lowest BCUT2D eigenvalue weighted by molar-refractivity contribution is -0.128. The number of aryl methyl sites for hydroxylation is 1. The largest absolute Gasteiger partial charge is 0.471 e. The number of fused-ring (bicyclic) bond motifs is 1. The van der Waals surface area contributed by atoms with E-state index in [2.05, 4.69) is 20.2 Å². The lowest BCUT2D eigenvalue weighted by atomic mass is 10.2. The number of nitrogens with one attached hydrogen (secondary N) is 1. The molecule has 2 aromatic heterocycles. The number of amides is 1. The van der Waals surface area contributed by atoms with E-state index in [1.165, 1.54) is 0 Å². The zero-order chi connectivity index (χ0) is 18.3. The van der Waals surface area contributed by atoms with Gasteiger partial charge in [0.2, 0.25) is 11.8 Å². The number of nitrogens with zero attached hydrogens (tertiary/aromatic N) is 4. The third-order valence-corrected chi connectivity index (χ3v) is 4.87. The molecule has 1 aliphatic rings. The number of aromatic amines is 1. The van der Waals surface area contributed by atoms with Crippen LogP contribution in [0.5, 0.6) is 5.88 Å². The van der Waals surface area contributed by atoms with Crippen molar-refractivity contribution in [3.05, 3.63) is 35.1 Å². The summed E-state index contributed by atoms with van der Waals surface area (Å²) in [5, 5.41) is 8.73. The molecule has 1 saturated heterocycles. The fourth-order valence-electron chi connectivity index (χ4n) is 3.17. The van der Waals surface area contributed by atoms with Crippen molar-refractivity contribution >= 4 is 28.4 Å². The minimum Gasteiger partial charge on any atom is -0.471 e. The monoisotopic (exact) mass is 371 g/mol. The average Bonchev–Trinajstić information content (AvgIpc) is 3.24. The van der Waals surface area contributed by atoms with Crippen LogP contribution in [0.25, 0.3) is 22.3 Å². The second-order valence-electron chi connectivity index (χ2n) is 6.37. The van der Waals surface area contributed by atoms with E-state index in [1.54, 1.807) is 24.1 Å². The fourth-order valence-corrected chi connectivity index (χ4v) is 3.39. The smallest absolute Gasteiger partial charge is 0.235 e. The highest BCUT2D eigenvalue weighted by Gasteiger charge is 2.26. The Morgan fingerprint density at radius 2 is 2.27 bits per heavy atom. The van der Waals surface area contributed by atoms with E-state index in [9.17, 15) is 4.79 Å². The number of hydrogen-bond donors (Lipinski definition) is 1. The Balaban J connectivity index is 1.58. The lowest BCUT2D eigenvalue weighted by Crippen LogP contribution is -2.29. The summed E-state index contributed by atoms with van der Waals surface area (Å²) in [6.07, 6.45) is 2.41. The van der Waals surface area contributed by atoms with Crippen molar-refractivity contribution in [3.63, 3.8) is 0 Å². The molecule has 0 bridgehead atoms. The van der Waals surface area contributed by atoms with Crippen LogP contribution in [0.15, 0.2) is 24.4 Å². The highest BCUT2D eigenvalue weighted by molar-refractivity contribution is 6.35. The third kappa shape index (κ3) is 2.99. The quantitative estimate of drug-likeness (QED) is 0.765. The molecule has 1 atom stereocenters. The van der Waals surface area contributed by atoms with Crippen LogP contribution in [-0.2, 0) is 4.79 Å². The first-order valence-corrected chi connectivity index (χ1v) is 8.79. The maximum atomic E-state index is 11.4.